The van der Waals surface area contributed by atoms with Gasteiger partial charge in [0.05, 0.1) is 0 Å². The molecule has 1 aromatic carbocycles. The summed E-state index contributed by atoms with van der Waals surface area (Å²) in [6.07, 6.45) is 0. The highest BCUT2D eigenvalue weighted by atomic mass is 35.5. The number of nitrogens with one attached hydrogen (secondary N) is 1. The number of hydrogen-bond donors (Lipinski definition) is 1. The van der Waals surface area contributed by atoms with E-state index in [1.54, 1.807) is 6.07 Å². The molecule has 0 bridgehead atoms. The standard InChI is InChI=1S/C14H22ClFN2/c1-14(2,10-18(3)4)9-17-8-11-5-12(15)7-13(16)6-11/h5-7,17H,8-10H2,1-4H3. The molecule has 2 nitrogen and oxygen atoms in total. The first-order valence-corrected chi connectivity index (χ1v) is 6.47. The van der Waals surface area contributed by atoms with Crippen molar-refractivity contribution in [2.24, 2.45) is 5.41 Å². The molecule has 0 saturated heterocycles. The first kappa shape index (κ1) is 15.4. The maximum atomic E-state index is 13.1. The van der Waals surface area contributed by atoms with E-state index in [-0.39, 0.29) is 11.2 Å². The lowest BCUT2D eigenvalue weighted by atomic mass is 9.93. The zero-order valence-electron chi connectivity index (χ0n) is 11.6. The molecule has 0 aliphatic rings. The molecule has 4 heteroatoms. The van der Waals surface area contributed by atoms with Gasteiger partial charge in [-0.05, 0) is 43.3 Å². The van der Waals surface area contributed by atoms with Gasteiger partial charge >= 0.3 is 0 Å². The molecule has 0 aliphatic heterocycles. The van der Waals surface area contributed by atoms with Crippen LogP contribution in [0.15, 0.2) is 18.2 Å². The Labute approximate surface area is 114 Å². The Balaban J connectivity index is 2.46. The topological polar surface area (TPSA) is 15.3 Å². The summed E-state index contributed by atoms with van der Waals surface area (Å²) in [5.74, 6) is -0.285. The summed E-state index contributed by atoms with van der Waals surface area (Å²) >= 11 is 5.81. The number of benzene rings is 1. The van der Waals surface area contributed by atoms with E-state index >= 15 is 0 Å². The molecule has 0 spiro atoms. The van der Waals surface area contributed by atoms with E-state index in [0.29, 0.717) is 11.6 Å². The lowest BCUT2D eigenvalue weighted by Gasteiger charge is -2.28. The van der Waals surface area contributed by atoms with Crippen molar-refractivity contribution in [3.63, 3.8) is 0 Å². The second-order valence-corrected chi connectivity index (χ2v) is 6.22. The Morgan fingerprint density at radius 2 is 1.94 bits per heavy atom. The largest absolute Gasteiger partial charge is 0.312 e. The first-order valence-electron chi connectivity index (χ1n) is 6.09. The number of hydrogen-bond acceptors (Lipinski definition) is 2. The summed E-state index contributed by atoms with van der Waals surface area (Å²) in [6, 6.07) is 4.62. The van der Waals surface area contributed by atoms with Gasteiger partial charge in [-0.3, -0.25) is 0 Å². The molecule has 0 fully saturated rings. The molecule has 0 radical (unpaired) electrons. The van der Waals surface area contributed by atoms with E-state index in [1.165, 1.54) is 12.1 Å². The molecule has 18 heavy (non-hydrogen) atoms. The van der Waals surface area contributed by atoms with E-state index in [9.17, 15) is 4.39 Å². The predicted octanol–water partition coefficient (Wildman–Crippen LogP) is 3.16. The highest BCUT2D eigenvalue weighted by Gasteiger charge is 2.18. The lowest BCUT2D eigenvalue weighted by Crippen LogP contribution is -2.37. The zero-order valence-corrected chi connectivity index (χ0v) is 12.3. The summed E-state index contributed by atoms with van der Waals surface area (Å²) in [4.78, 5) is 2.17. The van der Waals surface area contributed by atoms with Crippen LogP contribution in [-0.4, -0.2) is 32.1 Å². The minimum atomic E-state index is -0.285. The third kappa shape index (κ3) is 5.80. The van der Waals surface area contributed by atoms with Crippen molar-refractivity contribution in [3.8, 4) is 0 Å². The molecular weight excluding hydrogens is 251 g/mol. The zero-order chi connectivity index (χ0) is 13.8. The summed E-state index contributed by atoms with van der Waals surface area (Å²) < 4.78 is 13.1. The van der Waals surface area contributed by atoms with Crippen molar-refractivity contribution in [1.29, 1.82) is 0 Å². The fourth-order valence-corrected chi connectivity index (χ4v) is 2.41. The van der Waals surface area contributed by atoms with Crippen molar-refractivity contribution in [3.05, 3.63) is 34.6 Å². The second kappa shape index (κ2) is 6.50. The van der Waals surface area contributed by atoms with E-state index in [4.69, 9.17) is 11.6 Å². The summed E-state index contributed by atoms with van der Waals surface area (Å²) in [7, 11) is 4.13. The second-order valence-electron chi connectivity index (χ2n) is 5.78. The molecule has 0 aliphatic carbocycles. The molecule has 0 unspecified atom stereocenters. The van der Waals surface area contributed by atoms with E-state index in [1.807, 2.05) is 0 Å². The third-order valence-corrected chi connectivity index (χ3v) is 2.82. The van der Waals surface area contributed by atoms with Crippen molar-refractivity contribution in [2.75, 3.05) is 27.2 Å². The minimum absolute atomic E-state index is 0.181. The van der Waals surface area contributed by atoms with Crippen LogP contribution in [0.1, 0.15) is 19.4 Å². The van der Waals surface area contributed by atoms with Gasteiger partial charge in [0.1, 0.15) is 5.82 Å². The van der Waals surface area contributed by atoms with Crippen LogP contribution < -0.4 is 5.32 Å². The van der Waals surface area contributed by atoms with Crippen LogP contribution in [0.2, 0.25) is 5.02 Å². The van der Waals surface area contributed by atoms with Gasteiger partial charge in [0.2, 0.25) is 0 Å². The van der Waals surface area contributed by atoms with Gasteiger partial charge in [-0.1, -0.05) is 25.4 Å². The van der Waals surface area contributed by atoms with Crippen LogP contribution in [0.4, 0.5) is 4.39 Å². The van der Waals surface area contributed by atoms with Gasteiger partial charge in [0, 0.05) is 24.7 Å². The van der Waals surface area contributed by atoms with Gasteiger partial charge in [-0.2, -0.15) is 0 Å². The average Bonchev–Trinajstić information content (AvgIpc) is 2.12. The molecule has 102 valence electrons. The average molecular weight is 273 g/mol. The molecular formula is C14H22ClFN2. The molecule has 1 aromatic rings. The molecule has 1 N–H and O–H groups in total. The van der Waals surface area contributed by atoms with Gasteiger partial charge in [-0.15, -0.1) is 0 Å². The summed E-state index contributed by atoms with van der Waals surface area (Å²) in [6.45, 7) is 6.93. The van der Waals surface area contributed by atoms with Crippen LogP contribution in [0.25, 0.3) is 0 Å². The SMILES string of the molecule is CN(C)CC(C)(C)CNCc1cc(F)cc(Cl)c1. The summed E-state index contributed by atoms with van der Waals surface area (Å²) in [5, 5.41) is 3.79. The Morgan fingerprint density at radius 1 is 1.28 bits per heavy atom. The van der Waals surface area contributed by atoms with Crippen molar-refractivity contribution < 1.29 is 4.39 Å². The smallest absolute Gasteiger partial charge is 0.125 e. The van der Waals surface area contributed by atoms with Gasteiger partial charge < -0.3 is 10.2 Å². The number of rotatable bonds is 6. The van der Waals surface area contributed by atoms with Crippen molar-refractivity contribution in [2.45, 2.75) is 20.4 Å². The highest BCUT2D eigenvalue weighted by Crippen LogP contribution is 2.16. The van der Waals surface area contributed by atoms with Crippen LogP contribution in [0.3, 0.4) is 0 Å². The molecule has 0 atom stereocenters. The number of halogens is 2. The Kier molecular flexibility index (Phi) is 5.57. The molecule has 0 saturated carbocycles. The third-order valence-electron chi connectivity index (χ3n) is 2.60. The maximum absolute atomic E-state index is 13.1. The van der Waals surface area contributed by atoms with Crippen LogP contribution >= 0.6 is 11.6 Å². The monoisotopic (exact) mass is 272 g/mol. The highest BCUT2D eigenvalue weighted by molar-refractivity contribution is 6.30. The van der Waals surface area contributed by atoms with Crippen LogP contribution in [0.5, 0.6) is 0 Å². The van der Waals surface area contributed by atoms with Gasteiger partial charge in [-0.25, -0.2) is 4.39 Å². The molecule has 0 amide bonds. The fraction of sp³-hybridized carbons (Fsp3) is 0.571. The van der Waals surface area contributed by atoms with Crippen LogP contribution in [0, 0.1) is 11.2 Å². The van der Waals surface area contributed by atoms with Crippen molar-refractivity contribution >= 4 is 11.6 Å². The fourth-order valence-electron chi connectivity index (χ4n) is 2.17. The Morgan fingerprint density at radius 3 is 2.50 bits per heavy atom. The molecule has 0 aromatic heterocycles. The lowest BCUT2D eigenvalue weighted by molar-refractivity contribution is 0.232. The summed E-state index contributed by atoms with van der Waals surface area (Å²) in [5.41, 5.74) is 1.06. The van der Waals surface area contributed by atoms with E-state index in [2.05, 4.69) is 38.2 Å². The van der Waals surface area contributed by atoms with Gasteiger partial charge in [0.25, 0.3) is 0 Å². The van der Waals surface area contributed by atoms with E-state index in [0.717, 1.165) is 18.7 Å². The van der Waals surface area contributed by atoms with Gasteiger partial charge in [0.15, 0.2) is 0 Å². The van der Waals surface area contributed by atoms with E-state index < -0.39 is 0 Å². The first-order chi connectivity index (χ1) is 8.28. The predicted molar refractivity (Wildman–Crippen MR) is 75.5 cm³/mol. The minimum Gasteiger partial charge on any atom is -0.312 e. The maximum Gasteiger partial charge on any atom is 0.125 e. The normalized spacial score (nSPS) is 12.2. The molecule has 1 rings (SSSR count). The Bertz CT molecular complexity index is 371. The number of nitrogens with zero attached hydrogens (tertiary/aromatic N) is 1. The van der Waals surface area contributed by atoms with Crippen LogP contribution in [-0.2, 0) is 6.54 Å². The Hall–Kier alpha value is -0.640. The van der Waals surface area contributed by atoms with Crippen molar-refractivity contribution in [1.82, 2.24) is 10.2 Å². The quantitative estimate of drug-likeness (QED) is 0.856. The molecule has 0 heterocycles.